The molecule has 0 amide bonds. The van der Waals surface area contributed by atoms with E-state index in [0.717, 1.165) is 109 Å². The number of ether oxygens (including phenoxy) is 4. The molecule has 0 aromatic heterocycles. The Kier molecular flexibility index (Phi) is 73.5. The van der Waals surface area contributed by atoms with Crippen LogP contribution in [0.4, 0.5) is 0 Å². The molecular weight excluding hydrogens is 1320 g/mol. The maximum absolute atomic E-state index is 13.1. The number of phosphoric acid groups is 2. The fourth-order valence-corrected chi connectivity index (χ4v) is 14.3. The summed E-state index contributed by atoms with van der Waals surface area (Å²) in [6.45, 7) is 7.31. The summed E-state index contributed by atoms with van der Waals surface area (Å²) in [6, 6.07) is 0. The monoisotopic (exact) mass is 1480 g/mol. The fraction of sp³-hybridized carbons (Fsp3) is 0.951. The van der Waals surface area contributed by atoms with Crippen LogP contribution in [-0.2, 0) is 65.4 Å². The quantitative estimate of drug-likeness (QED) is 0.0222. The standard InChI is InChI=1S/C82H160O17P2/c1-6-10-13-16-19-21-23-25-27-29-31-32-34-36-38-40-42-47-52-57-62-67-81(86)99-78(72-93-80(85)66-61-56-51-46-41-39-37-35-33-30-28-26-24-22-20-17-14-11-7-2)74-97-101(90,91)95-70-76(83)69-94-100(88,89)96-73-77(71-92-79(84)65-60-55-49-18-15-12-8-3)98-82(87)68-63-58-53-48-44-43-45-50-54-59-64-75(5)9-4/h75-78,83H,6-74H2,1-5H3,(H,88,89)(H,90,91)/t75?,76-,77+,78+/m0/s1. The average molecular weight is 1480 g/mol. The molecule has 0 saturated heterocycles. The summed E-state index contributed by atoms with van der Waals surface area (Å²) in [5.74, 6) is -1.31. The molecule has 17 nitrogen and oxygen atoms in total. The van der Waals surface area contributed by atoms with Gasteiger partial charge in [0, 0.05) is 25.7 Å². The molecule has 0 aliphatic heterocycles. The van der Waals surface area contributed by atoms with Gasteiger partial charge in [0.05, 0.1) is 26.4 Å². The first kappa shape index (κ1) is 99.1. The van der Waals surface area contributed by atoms with Crippen LogP contribution in [0.3, 0.4) is 0 Å². The van der Waals surface area contributed by atoms with Crippen molar-refractivity contribution in [3.63, 3.8) is 0 Å². The number of carbonyl (C=O) groups excluding carboxylic acids is 4. The first-order valence-corrected chi connectivity index (χ1v) is 45.7. The van der Waals surface area contributed by atoms with Crippen molar-refractivity contribution >= 4 is 39.5 Å². The lowest BCUT2D eigenvalue weighted by molar-refractivity contribution is -0.161. The van der Waals surface area contributed by atoms with Gasteiger partial charge in [0.25, 0.3) is 0 Å². The molecule has 101 heavy (non-hydrogen) atoms. The van der Waals surface area contributed by atoms with Crippen LogP contribution in [0.2, 0.25) is 0 Å². The summed E-state index contributed by atoms with van der Waals surface area (Å²) in [7, 11) is -9.91. The average Bonchev–Trinajstić information content (AvgIpc) is 0.921. The number of rotatable bonds is 82. The number of unbranched alkanes of at least 4 members (excludes halogenated alkanes) is 53. The molecule has 19 heteroatoms. The normalized spacial score (nSPS) is 14.1. The molecule has 0 fully saturated rings. The van der Waals surface area contributed by atoms with E-state index < -0.39 is 97.5 Å². The highest BCUT2D eigenvalue weighted by Crippen LogP contribution is 2.45. The van der Waals surface area contributed by atoms with Crippen LogP contribution >= 0.6 is 15.6 Å². The van der Waals surface area contributed by atoms with Crippen molar-refractivity contribution in [1.29, 1.82) is 0 Å². The number of aliphatic hydroxyl groups excluding tert-OH is 1. The Labute approximate surface area is 619 Å². The number of aliphatic hydroxyl groups is 1. The van der Waals surface area contributed by atoms with E-state index >= 15 is 0 Å². The van der Waals surface area contributed by atoms with Crippen LogP contribution < -0.4 is 0 Å². The van der Waals surface area contributed by atoms with Gasteiger partial charge in [0.15, 0.2) is 12.2 Å². The second-order valence-corrected chi connectivity index (χ2v) is 32.7. The number of phosphoric ester groups is 2. The Hall–Kier alpha value is -1.94. The summed E-state index contributed by atoms with van der Waals surface area (Å²) in [6.07, 6.45) is 66.9. The molecule has 6 atom stereocenters. The lowest BCUT2D eigenvalue weighted by atomic mass is 9.99. The van der Waals surface area contributed by atoms with Gasteiger partial charge in [-0.15, -0.1) is 0 Å². The van der Waals surface area contributed by atoms with Gasteiger partial charge in [-0.3, -0.25) is 37.3 Å². The maximum Gasteiger partial charge on any atom is 0.472 e. The third-order valence-electron chi connectivity index (χ3n) is 19.6. The molecule has 0 saturated carbocycles. The molecule has 0 aliphatic carbocycles. The van der Waals surface area contributed by atoms with E-state index in [0.29, 0.717) is 25.7 Å². The van der Waals surface area contributed by atoms with Crippen LogP contribution in [0.15, 0.2) is 0 Å². The van der Waals surface area contributed by atoms with E-state index in [-0.39, 0.29) is 25.7 Å². The van der Waals surface area contributed by atoms with Crippen molar-refractivity contribution in [3.05, 3.63) is 0 Å². The molecule has 0 aromatic carbocycles. The van der Waals surface area contributed by atoms with Crippen molar-refractivity contribution < 1.29 is 80.2 Å². The van der Waals surface area contributed by atoms with Gasteiger partial charge >= 0.3 is 39.5 Å². The van der Waals surface area contributed by atoms with Gasteiger partial charge in [-0.2, -0.15) is 0 Å². The maximum atomic E-state index is 13.1. The van der Waals surface area contributed by atoms with Crippen molar-refractivity contribution in [3.8, 4) is 0 Å². The summed E-state index contributed by atoms with van der Waals surface area (Å²) >= 11 is 0. The summed E-state index contributed by atoms with van der Waals surface area (Å²) < 4.78 is 68.6. The van der Waals surface area contributed by atoms with Crippen molar-refractivity contribution in [2.75, 3.05) is 39.6 Å². The fourth-order valence-electron chi connectivity index (χ4n) is 12.7. The number of esters is 4. The Balaban J connectivity index is 5.17. The summed E-state index contributed by atoms with van der Waals surface area (Å²) in [5.41, 5.74) is 0. The Morgan fingerprint density at radius 3 is 0.703 bits per heavy atom. The predicted octanol–water partition coefficient (Wildman–Crippen LogP) is 24.8. The molecule has 3 N–H and O–H groups in total. The third kappa shape index (κ3) is 74.7. The minimum atomic E-state index is -4.96. The molecule has 0 heterocycles. The minimum Gasteiger partial charge on any atom is -0.462 e. The van der Waals surface area contributed by atoms with Gasteiger partial charge in [-0.1, -0.05) is 388 Å². The van der Waals surface area contributed by atoms with E-state index in [1.165, 1.54) is 250 Å². The van der Waals surface area contributed by atoms with Crippen molar-refractivity contribution in [1.82, 2.24) is 0 Å². The largest absolute Gasteiger partial charge is 0.472 e. The van der Waals surface area contributed by atoms with Crippen LogP contribution in [0.1, 0.15) is 439 Å². The molecule has 0 aliphatic rings. The summed E-state index contributed by atoms with van der Waals surface area (Å²) in [5, 5.41) is 10.6. The zero-order valence-electron chi connectivity index (χ0n) is 66.1. The van der Waals surface area contributed by atoms with Gasteiger partial charge in [0.1, 0.15) is 19.3 Å². The first-order chi connectivity index (χ1) is 49.1. The van der Waals surface area contributed by atoms with Gasteiger partial charge in [-0.05, 0) is 31.6 Å². The predicted molar refractivity (Wildman–Crippen MR) is 414 cm³/mol. The molecular formula is C82H160O17P2. The van der Waals surface area contributed by atoms with E-state index in [1.54, 1.807) is 0 Å². The van der Waals surface area contributed by atoms with E-state index in [1.807, 2.05) is 0 Å². The van der Waals surface area contributed by atoms with Crippen LogP contribution in [0.5, 0.6) is 0 Å². The molecule has 3 unspecified atom stereocenters. The molecule has 0 rings (SSSR count). The first-order valence-electron chi connectivity index (χ1n) is 42.7. The summed E-state index contributed by atoms with van der Waals surface area (Å²) in [4.78, 5) is 72.9. The van der Waals surface area contributed by atoms with E-state index in [2.05, 4.69) is 34.6 Å². The highest BCUT2D eigenvalue weighted by atomic mass is 31.2. The van der Waals surface area contributed by atoms with E-state index in [4.69, 9.17) is 37.0 Å². The Morgan fingerprint density at radius 2 is 0.475 bits per heavy atom. The van der Waals surface area contributed by atoms with Gasteiger partial charge in [-0.25, -0.2) is 9.13 Å². The smallest absolute Gasteiger partial charge is 0.462 e. The number of hydrogen-bond donors (Lipinski definition) is 3. The topological polar surface area (TPSA) is 237 Å². The van der Waals surface area contributed by atoms with Crippen molar-refractivity contribution in [2.24, 2.45) is 5.92 Å². The third-order valence-corrected chi connectivity index (χ3v) is 21.5. The lowest BCUT2D eigenvalue weighted by Crippen LogP contribution is -2.30. The SMILES string of the molecule is CCCCCCCCCCCCCCCCCCCCCCCC(=O)O[C@H](COC(=O)CCCCCCCCCCCCCCCCCCCCC)COP(=O)(O)OC[C@@H](O)COP(=O)(O)OC[C@@H](COC(=O)CCCCCCCCC)OC(=O)CCCCCCCCCCCCC(C)CC. The number of hydrogen-bond acceptors (Lipinski definition) is 15. The molecule has 600 valence electrons. The minimum absolute atomic E-state index is 0.106. The second-order valence-electron chi connectivity index (χ2n) is 29.8. The molecule has 0 aromatic rings. The molecule has 0 spiro atoms. The van der Waals surface area contributed by atoms with Gasteiger partial charge < -0.3 is 33.8 Å². The second kappa shape index (κ2) is 74.9. The zero-order chi connectivity index (χ0) is 74.1. The van der Waals surface area contributed by atoms with Gasteiger partial charge in [0.2, 0.25) is 0 Å². The highest BCUT2D eigenvalue weighted by molar-refractivity contribution is 7.47. The van der Waals surface area contributed by atoms with Crippen LogP contribution in [-0.4, -0.2) is 96.7 Å². The number of carbonyl (C=O) groups is 4. The zero-order valence-corrected chi connectivity index (χ0v) is 67.8. The van der Waals surface area contributed by atoms with Crippen LogP contribution in [0.25, 0.3) is 0 Å². The van der Waals surface area contributed by atoms with Crippen molar-refractivity contribution in [2.45, 2.75) is 457 Å². The Bertz CT molecular complexity index is 1930. The van der Waals surface area contributed by atoms with E-state index in [9.17, 15) is 43.2 Å². The van der Waals surface area contributed by atoms with Crippen LogP contribution in [0, 0.1) is 5.92 Å². The Morgan fingerprint density at radius 1 is 0.277 bits per heavy atom. The molecule has 0 radical (unpaired) electrons. The highest BCUT2D eigenvalue weighted by Gasteiger charge is 2.30. The lowest BCUT2D eigenvalue weighted by Gasteiger charge is -2.21. The molecule has 0 bridgehead atoms.